The van der Waals surface area contributed by atoms with Crippen LogP contribution in [0.15, 0.2) is 0 Å². The van der Waals surface area contributed by atoms with E-state index in [1.165, 1.54) is 0 Å². The summed E-state index contributed by atoms with van der Waals surface area (Å²) in [5.74, 6) is 0. The molecule has 0 fully saturated rings. The fourth-order valence-corrected chi connectivity index (χ4v) is 0. The standard InChI is InChI=1S/2NO3.Sb/c2*2-1(3)4;/q2*-1;+2. The summed E-state index contributed by atoms with van der Waals surface area (Å²) in [5.41, 5.74) is 0. The fourth-order valence-electron chi connectivity index (χ4n) is 0. The van der Waals surface area contributed by atoms with Crippen molar-refractivity contribution >= 4 is 24.4 Å². The summed E-state index contributed by atoms with van der Waals surface area (Å²) in [7, 11) is 0. The van der Waals surface area contributed by atoms with E-state index in [0.717, 1.165) is 0 Å². The quantitative estimate of drug-likeness (QED) is 0.310. The van der Waals surface area contributed by atoms with Crippen molar-refractivity contribution in [2.24, 2.45) is 0 Å². The monoisotopic (exact) mass is 245 g/mol. The molecular weight excluding hydrogens is 246 g/mol. The van der Waals surface area contributed by atoms with E-state index in [9.17, 15) is 0 Å². The van der Waals surface area contributed by atoms with Crippen molar-refractivity contribution in [1.82, 2.24) is 0 Å². The second-order valence-electron chi connectivity index (χ2n) is 0.447. The van der Waals surface area contributed by atoms with Gasteiger partial charge in [0.1, 0.15) is 0 Å². The molecule has 8 nitrogen and oxygen atoms in total. The number of hydrogen-bond donors (Lipinski definition) is 0. The first-order valence-corrected chi connectivity index (χ1v) is 1.10. The van der Waals surface area contributed by atoms with Gasteiger partial charge in [-0.15, -0.1) is 0 Å². The van der Waals surface area contributed by atoms with Gasteiger partial charge in [0, 0.05) is 0 Å². The molecule has 0 unspecified atom stereocenters. The third-order valence-electron chi connectivity index (χ3n) is 0. The van der Waals surface area contributed by atoms with Crippen molar-refractivity contribution < 1.29 is 10.2 Å². The molecule has 0 saturated heterocycles. The molecule has 0 aliphatic carbocycles. The normalized spacial score (nSPS) is 5.33. The molecule has 0 rings (SSSR count). The largest absolute Gasteiger partial charge is 2.00 e. The first-order chi connectivity index (χ1) is 3.46. The second kappa shape index (κ2) is 10.2. The smallest absolute Gasteiger partial charge is 0.356 e. The van der Waals surface area contributed by atoms with E-state index in [1.54, 1.807) is 0 Å². The average Bonchev–Trinajstić information content (AvgIpc) is 1.25. The minimum absolute atomic E-state index is 0. The van der Waals surface area contributed by atoms with Crippen LogP contribution in [0.5, 0.6) is 0 Å². The maximum absolute atomic E-state index is 8.25. The van der Waals surface area contributed by atoms with Gasteiger partial charge in [0.15, 0.2) is 0 Å². The van der Waals surface area contributed by atoms with Crippen molar-refractivity contribution in [2.45, 2.75) is 0 Å². The predicted molar refractivity (Wildman–Crippen MR) is 26.5 cm³/mol. The maximum atomic E-state index is 8.25. The van der Waals surface area contributed by atoms with E-state index in [4.69, 9.17) is 30.6 Å². The number of nitrogens with zero attached hydrogens (tertiary/aromatic N) is 2. The van der Waals surface area contributed by atoms with E-state index in [0.29, 0.717) is 0 Å². The zero-order valence-electron chi connectivity index (χ0n) is 3.79. The Hall–Kier alpha value is -0.782. The molecule has 0 aromatic carbocycles. The van der Waals surface area contributed by atoms with Crippen LogP contribution in [0.3, 0.4) is 0 Å². The zero-order valence-corrected chi connectivity index (χ0v) is 6.34. The summed E-state index contributed by atoms with van der Waals surface area (Å²) in [5, 5.41) is 29.5. The Morgan fingerprint density at radius 3 is 0.778 bits per heavy atom. The van der Waals surface area contributed by atoms with Crippen LogP contribution < -0.4 is 0 Å². The molecular formula is N2O6Sb. The average molecular weight is 246 g/mol. The molecule has 9 heavy (non-hydrogen) atoms. The van der Waals surface area contributed by atoms with Crippen molar-refractivity contribution in [3.05, 3.63) is 30.6 Å². The fraction of sp³-hybridized carbons (Fsp3) is 0. The molecule has 0 N–H and O–H groups in total. The van der Waals surface area contributed by atoms with Crippen molar-refractivity contribution in [2.75, 3.05) is 0 Å². The number of rotatable bonds is 0. The minimum Gasteiger partial charge on any atom is -0.356 e. The Labute approximate surface area is 65.8 Å². The van der Waals surface area contributed by atoms with Gasteiger partial charge in [-0.25, -0.2) is 0 Å². The third kappa shape index (κ3) is 322. The SMILES string of the molecule is O=[N+]([O-])[O-].O=[N+]([O-])[O-].[Sb+2]. The molecule has 3 radical (unpaired) electrons. The summed E-state index contributed by atoms with van der Waals surface area (Å²) in [6.07, 6.45) is 0. The second-order valence-corrected chi connectivity index (χ2v) is 0.447. The zero-order chi connectivity index (χ0) is 7.15. The van der Waals surface area contributed by atoms with Crippen molar-refractivity contribution in [3.63, 3.8) is 0 Å². The molecule has 0 aliphatic rings. The third-order valence-corrected chi connectivity index (χ3v) is 0. The van der Waals surface area contributed by atoms with Crippen LogP contribution in [0.4, 0.5) is 0 Å². The van der Waals surface area contributed by atoms with E-state index < -0.39 is 10.2 Å². The first kappa shape index (κ1) is 15.7. The summed E-state index contributed by atoms with van der Waals surface area (Å²) < 4.78 is 0. The van der Waals surface area contributed by atoms with Gasteiger partial charge in [-0.3, -0.25) is 0 Å². The van der Waals surface area contributed by atoms with Crippen LogP contribution in [-0.2, 0) is 0 Å². The molecule has 0 saturated carbocycles. The van der Waals surface area contributed by atoms with Crippen LogP contribution in [0, 0.1) is 30.6 Å². The van der Waals surface area contributed by atoms with Crippen LogP contribution in [-0.4, -0.2) is 34.6 Å². The van der Waals surface area contributed by atoms with Crippen molar-refractivity contribution in [3.8, 4) is 0 Å². The van der Waals surface area contributed by atoms with Gasteiger partial charge in [0.05, 0.1) is 10.2 Å². The summed E-state index contributed by atoms with van der Waals surface area (Å²) >= 11 is 0. The summed E-state index contributed by atoms with van der Waals surface area (Å²) in [6.45, 7) is 0. The molecule has 0 heterocycles. The summed E-state index contributed by atoms with van der Waals surface area (Å²) in [6, 6.07) is 0. The maximum Gasteiger partial charge on any atom is 2.00 e. The van der Waals surface area contributed by atoms with Gasteiger partial charge in [0.2, 0.25) is 0 Å². The van der Waals surface area contributed by atoms with Crippen LogP contribution in [0.1, 0.15) is 0 Å². The Kier molecular flexibility index (Phi) is 17.9. The molecule has 0 spiro atoms. The van der Waals surface area contributed by atoms with Gasteiger partial charge in [-0.1, -0.05) is 0 Å². The van der Waals surface area contributed by atoms with Gasteiger partial charge in [-0.05, 0) is 0 Å². The van der Waals surface area contributed by atoms with E-state index in [1.807, 2.05) is 0 Å². The molecule has 51 valence electrons. The van der Waals surface area contributed by atoms with E-state index in [2.05, 4.69) is 0 Å². The number of hydrogen-bond acceptors (Lipinski definition) is 6. The molecule has 0 aromatic rings. The van der Waals surface area contributed by atoms with Crippen molar-refractivity contribution in [1.29, 1.82) is 0 Å². The molecule has 0 atom stereocenters. The molecule has 0 aliphatic heterocycles. The predicted octanol–water partition coefficient (Wildman–Crippen LogP) is -0.859. The Morgan fingerprint density at radius 2 is 0.778 bits per heavy atom. The molecule has 0 amide bonds. The van der Waals surface area contributed by atoms with Gasteiger partial charge in [0.25, 0.3) is 0 Å². The van der Waals surface area contributed by atoms with Crippen LogP contribution in [0.25, 0.3) is 0 Å². The van der Waals surface area contributed by atoms with E-state index >= 15 is 0 Å². The van der Waals surface area contributed by atoms with E-state index in [-0.39, 0.29) is 24.4 Å². The molecule has 9 heteroatoms. The van der Waals surface area contributed by atoms with Gasteiger partial charge in [-0.2, -0.15) is 0 Å². The Morgan fingerprint density at radius 1 is 0.778 bits per heavy atom. The molecule has 0 bridgehead atoms. The van der Waals surface area contributed by atoms with Gasteiger partial charge >= 0.3 is 24.4 Å². The van der Waals surface area contributed by atoms with Gasteiger partial charge < -0.3 is 30.6 Å². The Bertz CT molecular complexity index is 69.1. The Balaban J connectivity index is -0.0000000720. The minimum atomic E-state index is -1.75. The summed E-state index contributed by atoms with van der Waals surface area (Å²) in [4.78, 5) is 16.5. The van der Waals surface area contributed by atoms with Crippen LogP contribution >= 0.6 is 0 Å². The molecule has 0 aromatic heterocycles. The first-order valence-electron chi connectivity index (χ1n) is 1.10. The van der Waals surface area contributed by atoms with Crippen LogP contribution in [0.2, 0.25) is 0 Å². The topological polar surface area (TPSA) is 132 Å².